The zero-order chi connectivity index (χ0) is 22.5. The molecule has 0 saturated heterocycles. The van der Waals surface area contributed by atoms with E-state index in [1.165, 1.54) is 11.3 Å². The first-order chi connectivity index (χ1) is 14.8. The van der Waals surface area contributed by atoms with Crippen LogP contribution in [0, 0.1) is 20.8 Å². The summed E-state index contributed by atoms with van der Waals surface area (Å²) in [4.78, 5) is 40.3. The summed E-state index contributed by atoms with van der Waals surface area (Å²) in [6.45, 7) is 5.59. The molecular weight excluding hydrogens is 412 g/mol. The number of thiophene rings is 1. The Labute approximate surface area is 187 Å². The molecule has 0 bridgehead atoms. The molecule has 1 aromatic carbocycles. The predicted molar refractivity (Wildman–Crippen MR) is 125 cm³/mol. The molecule has 1 aromatic heterocycles. The fourth-order valence-corrected chi connectivity index (χ4v) is 5.01. The number of primary amides is 1. The average Bonchev–Trinajstić information content (AvgIpc) is 3.01. The lowest BCUT2D eigenvalue weighted by molar-refractivity contribution is -0.117. The van der Waals surface area contributed by atoms with Gasteiger partial charge in [-0.1, -0.05) is 37.0 Å². The molecule has 7 nitrogen and oxygen atoms in total. The predicted octanol–water partition coefficient (Wildman–Crippen LogP) is 4.58. The van der Waals surface area contributed by atoms with E-state index in [-0.39, 0.29) is 24.5 Å². The number of nitrogens with two attached hydrogens (primary N) is 1. The summed E-state index contributed by atoms with van der Waals surface area (Å²) < 4.78 is 0. The fraction of sp³-hybridized carbons (Fsp3) is 0.435. The number of carbonyl (C=O) groups is 3. The van der Waals surface area contributed by atoms with Crippen LogP contribution in [0.4, 0.5) is 15.5 Å². The zero-order valence-electron chi connectivity index (χ0n) is 18.3. The number of anilines is 2. The summed E-state index contributed by atoms with van der Waals surface area (Å²) >= 11 is 1.32. The van der Waals surface area contributed by atoms with Crippen molar-refractivity contribution in [2.45, 2.75) is 58.9 Å². The Hall–Kier alpha value is -2.87. The number of hydrogen-bond acceptors (Lipinski definition) is 4. The van der Waals surface area contributed by atoms with Crippen molar-refractivity contribution in [1.82, 2.24) is 4.90 Å². The molecule has 0 atom stereocenters. The lowest BCUT2D eigenvalue weighted by atomic mass is 9.94. The van der Waals surface area contributed by atoms with Crippen LogP contribution in [0.1, 0.15) is 58.5 Å². The second-order valence-corrected chi connectivity index (χ2v) is 9.34. The third-order valence-corrected chi connectivity index (χ3v) is 6.90. The first-order valence-electron chi connectivity index (χ1n) is 10.6. The maximum Gasteiger partial charge on any atom is 0.322 e. The number of carbonyl (C=O) groups excluding carboxylic acids is 3. The maximum atomic E-state index is 13.1. The SMILES string of the molecule is Cc1ccc(NC(=O)N(CC(=O)Nc2sc(C)c(C)c2C(N)=O)C2CCCCC2)cc1. The third kappa shape index (κ3) is 5.64. The first-order valence-corrected chi connectivity index (χ1v) is 11.4. The lowest BCUT2D eigenvalue weighted by Crippen LogP contribution is -2.47. The summed E-state index contributed by atoms with van der Waals surface area (Å²) in [6, 6.07) is 7.28. The number of urea groups is 1. The summed E-state index contributed by atoms with van der Waals surface area (Å²) in [5.74, 6) is -0.910. The minimum Gasteiger partial charge on any atom is -0.365 e. The second kappa shape index (κ2) is 9.96. The van der Waals surface area contributed by atoms with Crippen molar-refractivity contribution < 1.29 is 14.4 Å². The Kier molecular flexibility index (Phi) is 7.33. The van der Waals surface area contributed by atoms with Crippen LogP contribution < -0.4 is 16.4 Å². The average molecular weight is 443 g/mol. The molecule has 1 fully saturated rings. The Morgan fingerprint density at radius 1 is 1.03 bits per heavy atom. The molecule has 1 saturated carbocycles. The Bertz CT molecular complexity index is 962. The summed E-state index contributed by atoms with van der Waals surface area (Å²) in [5, 5.41) is 6.16. The van der Waals surface area contributed by atoms with Gasteiger partial charge in [0, 0.05) is 16.6 Å². The van der Waals surface area contributed by atoms with Gasteiger partial charge < -0.3 is 21.3 Å². The monoisotopic (exact) mass is 442 g/mol. The smallest absolute Gasteiger partial charge is 0.322 e. The highest BCUT2D eigenvalue weighted by molar-refractivity contribution is 7.16. The van der Waals surface area contributed by atoms with Gasteiger partial charge in [0.25, 0.3) is 5.91 Å². The van der Waals surface area contributed by atoms with Gasteiger partial charge >= 0.3 is 6.03 Å². The molecule has 4 N–H and O–H groups in total. The molecule has 166 valence electrons. The van der Waals surface area contributed by atoms with E-state index in [1.54, 1.807) is 4.90 Å². The molecule has 2 aromatic rings. The van der Waals surface area contributed by atoms with Crippen molar-refractivity contribution in [3.8, 4) is 0 Å². The van der Waals surface area contributed by atoms with Crippen molar-refractivity contribution in [1.29, 1.82) is 0 Å². The summed E-state index contributed by atoms with van der Waals surface area (Å²) in [7, 11) is 0. The van der Waals surface area contributed by atoms with E-state index < -0.39 is 5.91 Å². The first kappa shape index (κ1) is 22.8. The number of amides is 4. The van der Waals surface area contributed by atoms with E-state index in [0.29, 0.717) is 16.3 Å². The van der Waals surface area contributed by atoms with Crippen LogP contribution in [-0.4, -0.2) is 35.3 Å². The number of nitrogens with zero attached hydrogens (tertiary/aromatic N) is 1. The number of benzene rings is 1. The fourth-order valence-electron chi connectivity index (χ4n) is 3.92. The number of nitrogens with one attached hydrogen (secondary N) is 2. The van der Waals surface area contributed by atoms with Gasteiger partial charge in [0.2, 0.25) is 5.91 Å². The molecule has 4 amide bonds. The van der Waals surface area contributed by atoms with Crippen LogP contribution in [0.25, 0.3) is 0 Å². The molecule has 31 heavy (non-hydrogen) atoms. The van der Waals surface area contributed by atoms with Gasteiger partial charge in [-0.05, 0) is 51.3 Å². The summed E-state index contributed by atoms with van der Waals surface area (Å²) in [5.41, 5.74) is 8.42. The van der Waals surface area contributed by atoms with Gasteiger partial charge in [-0.15, -0.1) is 11.3 Å². The van der Waals surface area contributed by atoms with Crippen LogP contribution in [-0.2, 0) is 4.79 Å². The van der Waals surface area contributed by atoms with Gasteiger partial charge in [0.05, 0.1) is 5.56 Å². The van der Waals surface area contributed by atoms with Crippen molar-refractivity contribution >= 4 is 39.9 Å². The number of hydrogen-bond donors (Lipinski definition) is 3. The normalized spacial score (nSPS) is 14.2. The molecule has 1 aliphatic rings. The Balaban J connectivity index is 1.76. The van der Waals surface area contributed by atoms with Gasteiger partial charge in [-0.25, -0.2) is 4.79 Å². The van der Waals surface area contributed by atoms with E-state index in [0.717, 1.165) is 48.1 Å². The zero-order valence-corrected chi connectivity index (χ0v) is 19.1. The van der Waals surface area contributed by atoms with Crippen LogP contribution in [0.5, 0.6) is 0 Å². The molecule has 0 radical (unpaired) electrons. The van der Waals surface area contributed by atoms with Gasteiger partial charge in [-0.3, -0.25) is 9.59 Å². The van der Waals surface area contributed by atoms with E-state index in [1.807, 2.05) is 45.0 Å². The summed E-state index contributed by atoms with van der Waals surface area (Å²) in [6.07, 6.45) is 4.97. The molecule has 8 heteroatoms. The third-order valence-electron chi connectivity index (χ3n) is 5.78. The topological polar surface area (TPSA) is 105 Å². The van der Waals surface area contributed by atoms with E-state index in [2.05, 4.69) is 10.6 Å². The Morgan fingerprint density at radius 2 is 1.68 bits per heavy atom. The van der Waals surface area contributed by atoms with E-state index in [4.69, 9.17) is 5.73 Å². The molecule has 1 heterocycles. The second-order valence-electron chi connectivity index (χ2n) is 8.12. The maximum absolute atomic E-state index is 13.1. The van der Waals surface area contributed by atoms with Crippen LogP contribution in [0.2, 0.25) is 0 Å². The molecular formula is C23H30N4O3S. The molecule has 1 aliphatic carbocycles. The van der Waals surface area contributed by atoms with E-state index in [9.17, 15) is 14.4 Å². The van der Waals surface area contributed by atoms with Gasteiger partial charge in [0.15, 0.2) is 0 Å². The van der Waals surface area contributed by atoms with Gasteiger partial charge in [-0.2, -0.15) is 0 Å². The minimum absolute atomic E-state index is 0.00682. The number of aryl methyl sites for hydroxylation is 2. The lowest BCUT2D eigenvalue weighted by Gasteiger charge is -2.34. The largest absolute Gasteiger partial charge is 0.365 e. The standard InChI is InChI=1S/C23H30N4O3S/c1-14-9-11-17(12-10-14)25-23(30)27(18-7-5-4-6-8-18)13-19(28)26-22-20(21(24)29)15(2)16(3)31-22/h9-12,18H,4-8,13H2,1-3H3,(H2,24,29)(H,25,30)(H,26,28). The van der Waals surface area contributed by atoms with Crippen molar-refractivity contribution in [2.24, 2.45) is 5.73 Å². The number of rotatable bonds is 6. The highest BCUT2D eigenvalue weighted by Gasteiger charge is 2.28. The van der Waals surface area contributed by atoms with Crippen LogP contribution >= 0.6 is 11.3 Å². The van der Waals surface area contributed by atoms with Crippen LogP contribution in [0.15, 0.2) is 24.3 Å². The molecule has 0 aliphatic heterocycles. The Morgan fingerprint density at radius 3 is 2.29 bits per heavy atom. The highest BCUT2D eigenvalue weighted by Crippen LogP contribution is 2.32. The van der Waals surface area contributed by atoms with Gasteiger partial charge in [0.1, 0.15) is 11.5 Å². The molecule has 0 unspecified atom stereocenters. The van der Waals surface area contributed by atoms with Crippen molar-refractivity contribution in [2.75, 3.05) is 17.2 Å². The molecule has 3 rings (SSSR count). The minimum atomic E-state index is -0.571. The van der Waals surface area contributed by atoms with Crippen molar-refractivity contribution in [3.05, 3.63) is 45.8 Å². The van der Waals surface area contributed by atoms with Crippen LogP contribution in [0.3, 0.4) is 0 Å². The van der Waals surface area contributed by atoms with E-state index >= 15 is 0 Å². The molecule has 0 spiro atoms. The van der Waals surface area contributed by atoms with Crippen molar-refractivity contribution in [3.63, 3.8) is 0 Å². The highest BCUT2D eigenvalue weighted by atomic mass is 32.1. The quantitative estimate of drug-likeness (QED) is 0.610.